The Labute approximate surface area is 320 Å². The third-order valence-electron chi connectivity index (χ3n) is 8.70. The maximum absolute atomic E-state index is 14.1. The van der Waals surface area contributed by atoms with Gasteiger partial charge in [0.1, 0.15) is 29.6 Å². The molecule has 0 saturated heterocycles. The second kappa shape index (κ2) is 18.2. The summed E-state index contributed by atoms with van der Waals surface area (Å²) in [7, 11) is 0. The van der Waals surface area contributed by atoms with Crippen LogP contribution in [0.15, 0.2) is 75.5 Å². The summed E-state index contributed by atoms with van der Waals surface area (Å²) in [5, 5.41) is 23.3. The Kier molecular flexibility index (Phi) is 13.2. The molecule has 4 heterocycles. The molecular formula is C38H42N8O8S. The molecule has 17 heteroatoms. The number of oxazole rings is 1. The number of thiazole rings is 1. The molecule has 0 spiro atoms. The van der Waals surface area contributed by atoms with Gasteiger partial charge in [0.25, 0.3) is 23.8 Å². The van der Waals surface area contributed by atoms with E-state index in [1.165, 1.54) is 22.5 Å². The first-order chi connectivity index (χ1) is 26.4. The number of amides is 4. The Morgan fingerprint density at radius 2 is 1.65 bits per heavy atom. The van der Waals surface area contributed by atoms with Crippen molar-refractivity contribution in [1.29, 1.82) is 0 Å². The van der Waals surface area contributed by atoms with E-state index in [4.69, 9.17) is 14.3 Å². The number of aromatic nitrogens is 4. The molecule has 55 heavy (non-hydrogen) atoms. The fourth-order valence-electron chi connectivity index (χ4n) is 6.21. The standard InChI is InChI=1S/C37H40N8O6S.CH2O2/c1-21(2)14-25-16-44(32(47)18-45-37(50)27-13-9-8-12-26(27)22(3)43-45)17-31(46)40-28(15-24-10-6-5-7-11-24)36-42-30(20-52-36)34(49)38-23(4)35-41-29(19-51-35)33(48)39-25;2-1-3/h5-13,19-21,23,25,28H,14-18H2,1-4H3,(H,38,49)(H,39,48)(H,40,46);1H,(H,2,3)/t23-,25-,28-;/m1./s1. The third-order valence-corrected chi connectivity index (χ3v) is 9.66. The van der Waals surface area contributed by atoms with Gasteiger partial charge < -0.3 is 30.4 Å². The highest BCUT2D eigenvalue weighted by molar-refractivity contribution is 7.09. The second-order valence-electron chi connectivity index (χ2n) is 13.4. The topological polar surface area (TPSA) is 219 Å². The number of hydrogen-bond donors (Lipinski definition) is 4. The maximum Gasteiger partial charge on any atom is 0.290 e. The van der Waals surface area contributed by atoms with E-state index in [0.717, 1.165) is 10.2 Å². The summed E-state index contributed by atoms with van der Waals surface area (Å²) in [6, 6.07) is 14.6. The van der Waals surface area contributed by atoms with Crippen molar-refractivity contribution >= 4 is 52.2 Å². The molecule has 0 aliphatic carbocycles. The number of aryl methyl sites for hydroxylation is 1. The zero-order valence-electron chi connectivity index (χ0n) is 30.7. The molecule has 4 bridgehead atoms. The normalized spacial score (nSPS) is 17.9. The number of nitrogens with zero attached hydrogens (tertiary/aromatic N) is 5. The lowest BCUT2D eigenvalue weighted by atomic mass is 10.0. The summed E-state index contributed by atoms with van der Waals surface area (Å²) < 4.78 is 6.69. The predicted octanol–water partition coefficient (Wildman–Crippen LogP) is 3.43. The van der Waals surface area contributed by atoms with Gasteiger partial charge in [-0.15, -0.1) is 11.3 Å². The van der Waals surface area contributed by atoms with Crippen molar-refractivity contribution in [2.24, 2.45) is 5.92 Å². The summed E-state index contributed by atoms with van der Waals surface area (Å²) in [5.74, 6) is -1.83. The Morgan fingerprint density at radius 1 is 0.982 bits per heavy atom. The van der Waals surface area contributed by atoms with Crippen LogP contribution < -0.4 is 21.5 Å². The first-order valence-electron chi connectivity index (χ1n) is 17.5. The lowest BCUT2D eigenvalue weighted by Crippen LogP contribution is -2.51. The van der Waals surface area contributed by atoms with Crippen LogP contribution in [0.1, 0.15) is 82.4 Å². The SMILES string of the molecule is Cc1nn(CC(=O)N2CC(=O)N[C@H](Cc3ccccc3)c3nc(cs3)C(=O)N[C@H](C)c3nc(co3)C(=O)N[C@H](CC(C)C)C2)c(=O)c2ccccc12.O=CO. The van der Waals surface area contributed by atoms with E-state index in [0.29, 0.717) is 34.3 Å². The lowest BCUT2D eigenvalue weighted by molar-refractivity contribution is -0.137. The maximum atomic E-state index is 14.1. The van der Waals surface area contributed by atoms with Crippen LogP contribution in [0.5, 0.6) is 0 Å². The van der Waals surface area contributed by atoms with E-state index in [9.17, 15) is 24.0 Å². The molecule has 6 rings (SSSR count). The summed E-state index contributed by atoms with van der Waals surface area (Å²) in [6.07, 6.45) is 2.03. The van der Waals surface area contributed by atoms with Crippen LogP contribution in [0.3, 0.4) is 0 Å². The third kappa shape index (κ3) is 10.3. The number of nitrogens with one attached hydrogen (secondary N) is 3. The molecule has 0 radical (unpaired) electrons. The van der Waals surface area contributed by atoms with E-state index >= 15 is 0 Å². The van der Waals surface area contributed by atoms with Gasteiger partial charge in [0, 0.05) is 23.4 Å². The van der Waals surface area contributed by atoms with Gasteiger partial charge >= 0.3 is 0 Å². The van der Waals surface area contributed by atoms with Crippen molar-refractivity contribution in [2.75, 3.05) is 13.1 Å². The zero-order chi connectivity index (χ0) is 39.6. The minimum absolute atomic E-state index is 0.0105. The van der Waals surface area contributed by atoms with E-state index < -0.39 is 53.9 Å². The van der Waals surface area contributed by atoms with Gasteiger partial charge in [-0.05, 0) is 44.2 Å². The number of carbonyl (C=O) groups is 5. The number of carbonyl (C=O) groups excluding carboxylic acids is 4. The van der Waals surface area contributed by atoms with Crippen molar-refractivity contribution in [2.45, 2.75) is 65.2 Å². The number of benzene rings is 2. The highest BCUT2D eigenvalue weighted by Crippen LogP contribution is 2.24. The van der Waals surface area contributed by atoms with Crippen LogP contribution in [0.2, 0.25) is 0 Å². The summed E-state index contributed by atoms with van der Waals surface area (Å²) in [4.78, 5) is 86.8. The Bertz CT molecular complexity index is 2220. The summed E-state index contributed by atoms with van der Waals surface area (Å²) >= 11 is 1.23. The molecular weight excluding hydrogens is 729 g/mol. The second-order valence-corrected chi connectivity index (χ2v) is 14.3. The minimum Gasteiger partial charge on any atom is -0.483 e. The van der Waals surface area contributed by atoms with Gasteiger partial charge in [0.2, 0.25) is 17.7 Å². The summed E-state index contributed by atoms with van der Waals surface area (Å²) in [6.45, 7) is 6.29. The Hall–Kier alpha value is -6.23. The highest BCUT2D eigenvalue weighted by atomic mass is 32.1. The fourth-order valence-corrected chi connectivity index (χ4v) is 7.06. The smallest absolute Gasteiger partial charge is 0.290 e. The van der Waals surface area contributed by atoms with Gasteiger partial charge in [-0.25, -0.2) is 14.6 Å². The Balaban J connectivity index is 0.00000187. The van der Waals surface area contributed by atoms with Gasteiger partial charge in [-0.1, -0.05) is 62.4 Å². The van der Waals surface area contributed by atoms with Crippen molar-refractivity contribution in [3.8, 4) is 0 Å². The molecule has 288 valence electrons. The highest BCUT2D eigenvalue weighted by Gasteiger charge is 2.29. The summed E-state index contributed by atoms with van der Waals surface area (Å²) in [5.41, 5.74) is 1.20. The molecule has 4 amide bonds. The first kappa shape index (κ1) is 40.0. The molecule has 0 saturated carbocycles. The Morgan fingerprint density at radius 3 is 2.36 bits per heavy atom. The van der Waals surface area contributed by atoms with Crippen molar-refractivity contribution in [3.63, 3.8) is 0 Å². The van der Waals surface area contributed by atoms with E-state index in [-0.39, 0.29) is 42.8 Å². The lowest BCUT2D eigenvalue weighted by Gasteiger charge is -2.29. The van der Waals surface area contributed by atoms with Crippen LogP contribution >= 0.6 is 11.3 Å². The molecule has 1 aliphatic heterocycles. The quantitative estimate of drug-likeness (QED) is 0.183. The van der Waals surface area contributed by atoms with Gasteiger partial charge in [-0.3, -0.25) is 28.8 Å². The first-order valence-corrected chi connectivity index (χ1v) is 18.4. The molecule has 16 nitrogen and oxygen atoms in total. The van der Waals surface area contributed by atoms with E-state index in [2.05, 4.69) is 31.0 Å². The van der Waals surface area contributed by atoms with Crippen LogP contribution in [-0.4, -0.2) is 79.0 Å². The molecule has 0 unspecified atom stereocenters. The fraction of sp³-hybridized carbons (Fsp3) is 0.342. The van der Waals surface area contributed by atoms with E-state index in [1.807, 2.05) is 50.2 Å². The molecule has 2 aromatic carbocycles. The van der Waals surface area contributed by atoms with Crippen LogP contribution in [0.25, 0.3) is 10.8 Å². The largest absolute Gasteiger partial charge is 0.483 e. The zero-order valence-corrected chi connectivity index (χ0v) is 31.5. The molecule has 0 fully saturated rings. The average molecular weight is 771 g/mol. The molecule has 5 aromatic rings. The van der Waals surface area contributed by atoms with Gasteiger partial charge in [0.15, 0.2) is 5.69 Å². The number of fused-ring (bicyclic) bond motifs is 5. The van der Waals surface area contributed by atoms with Crippen LogP contribution in [0, 0.1) is 12.8 Å². The molecule has 3 aromatic heterocycles. The van der Waals surface area contributed by atoms with Crippen molar-refractivity contribution in [3.05, 3.63) is 110 Å². The van der Waals surface area contributed by atoms with Gasteiger partial charge in [0.05, 0.1) is 23.7 Å². The molecule has 1 aliphatic rings. The number of rotatable bonds is 6. The van der Waals surface area contributed by atoms with Crippen LogP contribution in [-0.2, 0) is 27.3 Å². The predicted molar refractivity (Wildman–Crippen MR) is 202 cm³/mol. The van der Waals surface area contributed by atoms with Crippen molar-refractivity contribution in [1.82, 2.24) is 40.6 Å². The monoisotopic (exact) mass is 770 g/mol. The van der Waals surface area contributed by atoms with E-state index in [1.54, 1.807) is 37.4 Å². The molecule has 4 N–H and O–H groups in total. The minimum atomic E-state index is -0.687. The van der Waals surface area contributed by atoms with Gasteiger partial charge in [-0.2, -0.15) is 5.10 Å². The number of hydrogen-bond acceptors (Lipinski definition) is 11. The molecule has 3 atom stereocenters. The van der Waals surface area contributed by atoms with Crippen LogP contribution in [0.4, 0.5) is 0 Å². The van der Waals surface area contributed by atoms with Crippen molar-refractivity contribution < 1.29 is 33.5 Å². The average Bonchev–Trinajstić information content (AvgIpc) is 3.85. The number of carboxylic acid groups (broad SMARTS) is 1.